The van der Waals surface area contributed by atoms with E-state index in [1.807, 2.05) is 0 Å². The van der Waals surface area contributed by atoms with Crippen molar-refractivity contribution < 1.29 is 4.74 Å². The first-order valence-corrected chi connectivity index (χ1v) is 6.98. The molecule has 1 saturated heterocycles. The van der Waals surface area contributed by atoms with Gasteiger partial charge in [-0.1, -0.05) is 20.8 Å². The van der Waals surface area contributed by atoms with Crippen LogP contribution < -0.4 is 5.32 Å². The van der Waals surface area contributed by atoms with Gasteiger partial charge in [0.15, 0.2) is 0 Å². The van der Waals surface area contributed by atoms with E-state index in [2.05, 4.69) is 33.0 Å². The monoisotopic (exact) mass is 227 g/mol. The average Bonchev–Trinajstić information content (AvgIpc) is 2.59. The predicted molar refractivity (Wildman–Crippen MR) is 69.7 cm³/mol. The van der Waals surface area contributed by atoms with Crippen LogP contribution in [-0.4, -0.2) is 25.3 Å². The number of ether oxygens (including phenoxy) is 1. The zero-order chi connectivity index (χ0) is 12.0. The van der Waals surface area contributed by atoms with E-state index in [9.17, 15) is 0 Å². The molecule has 1 aliphatic rings. The minimum absolute atomic E-state index is 0.490. The smallest absolute Gasteiger partial charge is 0.0582 e. The van der Waals surface area contributed by atoms with Crippen molar-refractivity contribution in [2.45, 2.75) is 65.6 Å². The first kappa shape index (κ1) is 14.0. The van der Waals surface area contributed by atoms with Crippen LogP contribution in [0.25, 0.3) is 0 Å². The van der Waals surface area contributed by atoms with Gasteiger partial charge in [-0.2, -0.15) is 0 Å². The van der Waals surface area contributed by atoms with Crippen LogP contribution in [0.15, 0.2) is 0 Å². The summed E-state index contributed by atoms with van der Waals surface area (Å²) in [5, 5.41) is 3.48. The minimum Gasteiger partial charge on any atom is -0.375 e. The molecule has 1 rings (SSSR count). The van der Waals surface area contributed by atoms with Gasteiger partial charge in [-0.05, 0) is 57.5 Å². The summed E-state index contributed by atoms with van der Waals surface area (Å²) in [7, 11) is 0. The Morgan fingerprint density at radius 2 is 2.06 bits per heavy atom. The number of rotatable bonds is 7. The van der Waals surface area contributed by atoms with Gasteiger partial charge in [-0.3, -0.25) is 0 Å². The molecule has 2 heteroatoms. The molecule has 1 N–H and O–H groups in total. The third-order valence-electron chi connectivity index (χ3n) is 3.40. The van der Waals surface area contributed by atoms with E-state index in [-0.39, 0.29) is 0 Å². The predicted octanol–water partition coefficient (Wildman–Crippen LogP) is 3.22. The molecule has 16 heavy (non-hydrogen) atoms. The van der Waals surface area contributed by atoms with Crippen molar-refractivity contribution in [2.75, 3.05) is 13.1 Å². The van der Waals surface area contributed by atoms with Crippen LogP contribution in [0.5, 0.6) is 0 Å². The summed E-state index contributed by atoms with van der Waals surface area (Å²) in [5.74, 6) is 1.58. The van der Waals surface area contributed by atoms with E-state index in [0.29, 0.717) is 12.2 Å². The maximum atomic E-state index is 5.93. The Bertz CT molecular complexity index is 182. The van der Waals surface area contributed by atoms with Gasteiger partial charge in [0.1, 0.15) is 0 Å². The maximum absolute atomic E-state index is 5.93. The largest absolute Gasteiger partial charge is 0.375 e. The van der Waals surface area contributed by atoms with Crippen LogP contribution in [0.3, 0.4) is 0 Å². The first-order chi connectivity index (χ1) is 7.61. The second-order valence-electron chi connectivity index (χ2n) is 5.69. The topological polar surface area (TPSA) is 21.3 Å². The molecule has 0 aromatic rings. The molecule has 0 spiro atoms. The molecule has 0 bridgehead atoms. The lowest BCUT2D eigenvalue weighted by molar-refractivity contribution is 0.0388. The molecule has 2 nitrogen and oxygen atoms in total. The molecule has 0 aromatic carbocycles. The lowest BCUT2D eigenvalue weighted by atomic mass is 9.91. The highest BCUT2D eigenvalue weighted by Crippen LogP contribution is 2.27. The molecule has 0 saturated carbocycles. The molecule has 0 aliphatic carbocycles. The van der Waals surface area contributed by atoms with Gasteiger partial charge in [0.05, 0.1) is 12.2 Å². The molecular weight excluding hydrogens is 198 g/mol. The second kappa shape index (κ2) is 7.29. The van der Waals surface area contributed by atoms with Gasteiger partial charge >= 0.3 is 0 Å². The molecule has 0 amide bonds. The Balaban J connectivity index is 2.30. The quantitative estimate of drug-likeness (QED) is 0.721. The second-order valence-corrected chi connectivity index (χ2v) is 5.69. The zero-order valence-electron chi connectivity index (χ0n) is 11.5. The van der Waals surface area contributed by atoms with Crippen molar-refractivity contribution in [1.29, 1.82) is 0 Å². The molecule has 96 valence electrons. The Labute approximate surface area is 101 Å². The Morgan fingerprint density at radius 3 is 2.56 bits per heavy atom. The van der Waals surface area contributed by atoms with Crippen molar-refractivity contribution in [3.8, 4) is 0 Å². The van der Waals surface area contributed by atoms with Crippen molar-refractivity contribution in [1.82, 2.24) is 5.32 Å². The number of nitrogens with one attached hydrogen (secondary N) is 1. The van der Waals surface area contributed by atoms with E-state index < -0.39 is 0 Å². The van der Waals surface area contributed by atoms with E-state index in [1.54, 1.807) is 0 Å². The highest BCUT2D eigenvalue weighted by Gasteiger charge is 2.25. The van der Waals surface area contributed by atoms with Gasteiger partial charge in [0, 0.05) is 0 Å². The number of hydrogen-bond donors (Lipinski definition) is 1. The van der Waals surface area contributed by atoms with Gasteiger partial charge in [0.2, 0.25) is 0 Å². The summed E-state index contributed by atoms with van der Waals surface area (Å²) >= 11 is 0. The highest BCUT2D eigenvalue weighted by atomic mass is 16.5. The van der Waals surface area contributed by atoms with Crippen LogP contribution in [0.4, 0.5) is 0 Å². The molecule has 3 atom stereocenters. The van der Waals surface area contributed by atoms with Crippen LogP contribution in [0, 0.1) is 11.8 Å². The van der Waals surface area contributed by atoms with E-state index >= 15 is 0 Å². The third-order valence-corrected chi connectivity index (χ3v) is 3.40. The maximum Gasteiger partial charge on any atom is 0.0582 e. The number of hydrogen-bond acceptors (Lipinski definition) is 2. The van der Waals surface area contributed by atoms with E-state index in [0.717, 1.165) is 24.9 Å². The Hall–Kier alpha value is -0.0800. The SMILES string of the molecule is CCNCC(CC(C)C)CC1CCC(C)O1. The molecule has 1 aliphatic heterocycles. The average molecular weight is 227 g/mol. The standard InChI is InChI=1S/C14H29NO/c1-5-15-10-13(8-11(2)3)9-14-7-6-12(4)16-14/h11-15H,5-10H2,1-4H3. The first-order valence-electron chi connectivity index (χ1n) is 6.98. The molecule has 1 fully saturated rings. The molecule has 0 aromatic heterocycles. The molecule has 0 radical (unpaired) electrons. The summed E-state index contributed by atoms with van der Waals surface area (Å²) < 4.78 is 5.93. The lowest BCUT2D eigenvalue weighted by Crippen LogP contribution is -2.27. The van der Waals surface area contributed by atoms with Crippen LogP contribution in [0.1, 0.15) is 53.4 Å². The molecule has 3 unspecified atom stereocenters. The van der Waals surface area contributed by atoms with Crippen LogP contribution >= 0.6 is 0 Å². The summed E-state index contributed by atoms with van der Waals surface area (Å²) in [4.78, 5) is 0. The van der Waals surface area contributed by atoms with Crippen molar-refractivity contribution in [3.05, 3.63) is 0 Å². The highest BCUT2D eigenvalue weighted by molar-refractivity contribution is 4.75. The van der Waals surface area contributed by atoms with Crippen molar-refractivity contribution in [3.63, 3.8) is 0 Å². The fraction of sp³-hybridized carbons (Fsp3) is 1.00. The lowest BCUT2D eigenvalue weighted by Gasteiger charge is -2.22. The van der Waals surface area contributed by atoms with E-state index in [1.165, 1.54) is 25.7 Å². The molecular formula is C14H29NO. The van der Waals surface area contributed by atoms with Crippen molar-refractivity contribution >= 4 is 0 Å². The summed E-state index contributed by atoms with van der Waals surface area (Å²) in [6, 6.07) is 0. The Morgan fingerprint density at radius 1 is 1.31 bits per heavy atom. The van der Waals surface area contributed by atoms with Crippen molar-refractivity contribution in [2.24, 2.45) is 11.8 Å². The van der Waals surface area contributed by atoms with Crippen LogP contribution in [-0.2, 0) is 4.74 Å². The van der Waals surface area contributed by atoms with Crippen LogP contribution in [0.2, 0.25) is 0 Å². The van der Waals surface area contributed by atoms with Gasteiger partial charge in [0.25, 0.3) is 0 Å². The fourth-order valence-corrected chi connectivity index (χ4v) is 2.71. The zero-order valence-corrected chi connectivity index (χ0v) is 11.5. The summed E-state index contributed by atoms with van der Waals surface area (Å²) in [6.07, 6.45) is 6.10. The van der Waals surface area contributed by atoms with Gasteiger partial charge in [-0.25, -0.2) is 0 Å². The molecule has 1 heterocycles. The normalized spacial score (nSPS) is 27.6. The third kappa shape index (κ3) is 5.31. The van der Waals surface area contributed by atoms with E-state index in [4.69, 9.17) is 4.74 Å². The van der Waals surface area contributed by atoms with Gasteiger partial charge in [-0.15, -0.1) is 0 Å². The summed E-state index contributed by atoms with van der Waals surface area (Å²) in [6.45, 7) is 11.2. The summed E-state index contributed by atoms with van der Waals surface area (Å²) in [5.41, 5.74) is 0. The Kier molecular flexibility index (Phi) is 6.37. The fourth-order valence-electron chi connectivity index (χ4n) is 2.71. The van der Waals surface area contributed by atoms with Gasteiger partial charge < -0.3 is 10.1 Å². The minimum atomic E-state index is 0.490.